The van der Waals surface area contributed by atoms with Crippen molar-refractivity contribution >= 4 is 64.0 Å². The maximum Gasteiger partial charge on any atom is 0.372 e. The van der Waals surface area contributed by atoms with Gasteiger partial charge in [0.25, 0.3) is 0 Å². The van der Waals surface area contributed by atoms with E-state index in [9.17, 15) is 9.18 Å². The average Bonchev–Trinajstić information content (AvgIpc) is 2.95. The number of hydrogen-bond acceptors (Lipinski definition) is 5. The zero-order chi connectivity index (χ0) is 15.1. The van der Waals surface area contributed by atoms with Crippen LogP contribution in [0.5, 0.6) is 0 Å². The molecule has 0 aliphatic carbocycles. The first-order valence-electron chi connectivity index (χ1n) is 4.61. The van der Waals surface area contributed by atoms with Gasteiger partial charge in [-0.25, -0.2) is 9.78 Å². The third kappa shape index (κ3) is 2.71. The molecule has 0 unspecified atom stereocenters. The highest BCUT2D eigenvalue weighted by Crippen LogP contribution is 2.52. The normalized spacial score (nSPS) is 12.7. The van der Waals surface area contributed by atoms with E-state index in [4.69, 9.17) is 58.0 Å². The number of hydrogen-bond donors (Lipinski definition) is 0. The summed E-state index contributed by atoms with van der Waals surface area (Å²) in [7, 11) is 0. The summed E-state index contributed by atoms with van der Waals surface area (Å²) in [6, 6.07) is -0.964. The van der Waals surface area contributed by atoms with Gasteiger partial charge in [0.05, 0.1) is 0 Å². The summed E-state index contributed by atoms with van der Waals surface area (Å²) in [6.45, 7) is 0. The maximum atomic E-state index is 13.2. The molecule has 20 heavy (non-hydrogen) atoms. The molecule has 0 atom stereocenters. The van der Waals surface area contributed by atoms with Crippen molar-refractivity contribution in [1.82, 2.24) is 29.5 Å². The van der Waals surface area contributed by atoms with Gasteiger partial charge in [-0.1, -0.05) is 58.0 Å². The lowest BCUT2D eigenvalue weighted by molar-refractivity contribution is 0.236. The van der Waals surface area contributed by atoms with Crippen LogP contribution in [0, 0.1) is 6.08 Å². The van der Waals surface area contributed by atoms with E-state index in [1.54, 1.807) is 0 Å². The minimum Gasteiger partial charge on any atom is -0.243 e. The van der Waals surface area contributed by atoms with E-state index in [-0.39, 0.29) is 0 Å². The summed E-state index contributed by atoms with van der Waals surface area (Å²) in [4.78, 5) is 18.8. The molecule has 0 saturated heterocycles. The lowest BCUT2D eigenvalue weighted by Crippen LogP contribution is -2.35. The van der Waals surface area contributed by atoms with E-state index in [0.717, 1.165) is 17.3 Å². The smallest absolute Gasteiger partial charge is 0.243 e. The number of halogens is 6. The quantitative estimate of drug-likeness (QED) is 0.708. The van der Waals surface area contributed by atoms with Crippen molar-refractivity contribution in [3.05, 3.63) is 24.6 Å². The molecule has 0 saturated carbocycles. The van der Waals surface area contributed by atoms with Crippen molar-refractivity contribution in [2.75, 3.05) is 0 Å². The number of aromatic nitrogens is 6. The number of nitrogens with zero attached hydrogens (tertiary/aromatic N) is 6. The Hall–Kier alpha value is -0.670. The molecule has 108 valence electrons. The molecule has 0 radical (unpaired) electrons. The molecule has 2 aromatic rings. The van der Waals surface area contributed by atoms with Gasteiger partial charge >= 0.3 is 12.1 Å². The van der Waals surface area contributed by atoms with Crippen LogP contribution in [0.3, 0.4) is 0 Å². The third-order valence-corrected chi connectivity index (χ3v) is 4.35. The summed E-state index contributed by atoms with van der Waals surface area (Å²) in [5.41, 5.74) is 0. The van der Waals surface area contributed by atoms with E-state index in [1.165, 1.54) is 0 Å². The van der Waals surface area contributed by atoms with Crippen LogP contribution in [0.4, 0.5) is 9.18 Å². The van der Waals surface area contributed by atoms with Crippen LogP contribution >= 0.6 is 58.0 Å². The predicted molar refractivity (Wildman–Crippen MR) is 69.9 cm³/mol. The first-order valence-corrected chi connectivity index (χ1v) is 6.50. The van der Waals surface area contributed by atoms with Crippen molar-refractivity contribution in [3.63, 3.8) is 0 Å². The monoisotopic (exact) mass is 380 g/mol. The molecule has 0 amide bonds. The average molecular weight is 382 g/mol. The SMILES string of the molecule is O=C(n1cncn1)n1nc(F)nc1C(Cl)(Cl)C(Cl)(Cl)Cl. The lowest BCUT2D eigenvalue weighted by atomic mass is 10.4. The maximum absolute atomic E-state index is 13.2. The first kappa shape index (κ1) is 15.7. The summed E-state index contributed by atoms with van der Waals surface area (Å²) in [5, 5.41) is 6.75. The third-order valence-electron chi connectivity index (χ3n) is 2.01. The van der Waals surface area contributed by atoms with Gasteiger partial charge in [-0.3, -0.25) is 0 Å². The zero-order valence-corrected chi connectivity index (χ0v) is 12.8. The summed E-state index contributed by atoms with van der Waals surface area (Å²) in [5.74, 6) is -0.612. The zero-order valence-electron chi connectivity index (χ0n) is 9.01. The van der Waals surface area contributed by atoms with E-state index in [2.05, 4.69) is 20.2 Å². The molecule has 2 aromatic heterocycles. The Morgan fingerprint density at radius 2 is 1.90 bits per heavy atom. The lowest BCUT2D eigenvalue weighted by Gasteiger charge is -2.25. The van der Waals surface area contributed by atoms with E-state index in [1.807, 2.05) is 0 Å². The Kier molecular flexibility index (Phi) is 4.14. The first-order chi connectivity index (χ1) is 9.14. The standard InChI is InChI=1S/C7H2Cl5FN6O/c8-6(9,7(10,11)12)3-16-4(13)17-19(3)5(20)18-2-14-1-15-18/h1-2H. The van der Waals surface area contributed by atoms with Crippen molar-refractivity contribution in [2.24, 2.45) is 0 Å². The van der Waals surface area contributed by atoms with Gasteiger partial charge in [0.2, 0.25) is 8.13 Å². The van der Waals surface area contributed by atoms with Gasteiger partial charge in [-0.15, -0.1) is 5.10 Å². The van der Waals surface area contributed by atoms with Crippen molar-refractivity contribution < 1.29 is 9.18 Å². The number of rotatable bonds is 1. The molecule has 0 fully saturated rings. The Morgan fingerprint density at radius 3 is 2.40 bits per heavy atom. The highest BCUT2D eigenvalue weighted by atomic mass is 35.6. The Morgan fingerprint density at radius 1 is 1.25 bits per heavy atom. The van der Waals surface area contributed by atoms with Crippen LogP contribution in [-0.4, -0.2) is 39.4 Å². The minimum atomic E-state index is -2.33. The van der Waals surface area contributed by atoms with Crippen LogP contribution in [-0.2, 0) is 4.33 Å². The van der Waals surface area contributed by atoms with E-state index in [0.29, 0.717) is 4.68 Å². The molecule has 2 rings (SSSR count). The Labute approximate surface area is 135 Å². The molecule has 0 aromatic carbocycles. The minimum absolute atomic E-state index is 0.423. The predicted octanol–water partition coefficient (Wildman–Crippen LogP) is 2.53. The van der Waals surface area contributed by atoms with E-state index >= 15 is 0 Å². The number of alkyl halides is 5. The molecule has 2 heterocycles. The van der Waals surface area contributed by atoms with Gasteiger partial charge in [0.1, 0.15) is 12.7 Å². The van der Waals surface area contributed by atoms with Gasteiger partial charge < -0.3 is 0 Å². The summed E-state index contributed by atoms with van der Waals surface area (Å²) >= 11 is 28.5. The van der Waals surface area contributed by atoms with E-state index < -0.39 is 26.1 Å². The van der Waals surface area contributed by atoms with Crippen LogP contribution in [0.1, 0.15) is 5.82 Å². The molecule has 0 aliphatic heterocycles. The van der Waals surface area contributed by atoms with Gasteiger partial charge in [0.15, 0.2) is 5.82 Å². The van der Waals surface area contributed by atoms with Gasteiger partial charge in [-0.2, -0.15) is 23.8 Å². The second-order valence-corrected chi connectivity index (χ2v) is 6.92. The summed E-state index contributed by atoms with van der Waals surface area (Å²) < 4.78 is 9.76. The number of carbonyl (C=O) groups excluding carboxylic acids is 1. The molecular weight excluding hydrogens is 380 g/mol. The molecular formula is C7H2Cl5FN6O. The fourth-order valence-electron chi connectivity index (χ4n) is 1.15. The number of carbonyl (C=O) groups is 1. The molecule has 7 nitrogen and oxygen atoms in total. The summed E-state index contributed by atoms with van der Waals surface area (Å²) in [6.07, 6.45) is 0.841. The molecule has 0 bridgehead atoms. The fraction of sp³-hybridized carbons (Fsp3) is 0.286. The Bertz CT molecular complexity index is 635. The van der Waals surface area contributed by atoms with Crippen LogP contribution in [0.25, 0.3) is 0 Å². The van der Waals surface area contributed by atoms with Crippen LogP contribution in [0.15, 0.2) is 12.7 Å². The second kappa shape index (κ2) is 5.27. The molecule has 0 spiro atoms. The van der Waals surface area contributed by atoms with Gasteiger partial charge in [-0.05, 0) is 0 Å². The molecule has 0 N–H and O–H groups in total. The molecule has 13 heteroatoms. The largest absolute Gasteiger partial charge is 0.372 e. The van der Waals surface area contributed by atoms with Crippen LogP contribution in [0.2, 0.25) is 0 Å². The topological polar surface area (TPSA) is 78.5 Å². The van der Waals surface area contributed by atoms with Crippen molar-refractivity contribution in [2.45, 2.75) is 8.13 Å². The fourth-order valence-corrected chi connectivity index (χ4v) is 1.65. The Balaban J connectivity index is 2.55. The highest BCUT2D eigenvalue weighted by molar-refractivity contribution is 6.75. The molecule has 0 aliphatic rings. The second-order valence-electron chi connectivity index (χ2n) is 3.31. The van der Waals surface area contributed by atoms with Crippen molar-refractivity contribution in [1.29, 1.82) is 0 Å². The highest BCUT2D eigenvalue weighted by Gasteiger charge is 2.52. The van der Waals surface area contributed by atoms with Crippen molar-refractivity contribution in [3.8, 4) is 0 Å². The van der Waals surface area contributed by atoms with Gasteiger partial charge in [0, 0.05) is 0 Å². The van der Waals surface area contributed by atoms with Crippen LogP contribution < -0.4 is 0 Å².